The molecule has 0 aromatic heterocycles. The van der Waals surface area contributed by atoms with E-state index in [-0.39, 0.29) is 0 Å². The smallest absolute Gasteiger partial charge is 0.123 e. The fraction of sp³-hybridized carbons (Fsp3) is 0.786. The predicted octanol–water partition coefficient (Wildman–Crippen LogP) is 3.59. The highest BCUT2D eigenvalue weighted by atomic mass is 16.1. The summed E-state index contributed by atoms with van der Waals surface area (Å²) < 4.78 is 0. The minimum Gasteiger partial charge on any atom is -0.303 e. The molecule has 0 spiro atoms. The third-order valence-corrected chi connectivity index (χ3v) is 4.24. The molecule has 0 aromatic rings. The molecule has 1 fully saturated rings. The maximum Gasteiger partial charge on any atom is 0.123 e. The number of unbranched alkanes of at least 4 members (excludes halogenated alkanes) is 3. The molecule has 0 N–H and O–H groups in total. The van der Waals surface area contributed by atoms with Crippen molar-refractivity contribution >= 4 is 6.29 Å². The highest BCUT2D eigenvalue weighted by Gasteiger charge is 2.43. The van der Waals surface area contributed by atoms with E-state index in [1.54, 1.807) is 0 Å². The van der Waals surface area contributed by atoms with Crippen molar-refractivity contribution in [1.29, 1.82) is 0 Å². The van der Waals surface area contributed by atoms with Gasteiger partial charge in [0.1, 0.15) is 6.29 Å². The first-order chi connectivity index (χ1) is 7.36. The highest BCUT2D eigenvalue weighted by Crippen LogP contribution is 2.48. The van der Waals surface area contributed by atoms with Gasteiger partial charge in [0, 0.05) is 5.92 Å². The van der Waals surface area contributed by atoms with Crippen molar-refractivity contribution in [3.05, 3.63) is 12.2 Å². The molecule has 84 valence electrons. The molecule has 0 saturated heterocycles. The first kappa shape index (κ1) is 10.9. The maximum absolute atomic E-state index is 11.1. The van der Waals surface area contributed by atoms with Crippen LogP contribution in [0.25, 0.3) is 0 Å². The van der Waals surface area contributed by atoms with E-state index in [1.807, 2.05) is 0 Å². The number of carbonyl (C=O) groups is 1. The number of fused-ring (bicyclic) bond motifs is 2. The summed E-state index contributed by atoms with van der Waals surface area (Å²) in [6.45, 7) is 2.24. The number of carbonyl (C=O) groups excluding carboxylic acids is 1. The van der Waals surface area contributed by atoms with Crippen LogP contribution in [0, 0.1) is 23.7 Å². The fourth-order valence-corrected chi connectivity index (χ4v) is 3.38. The predicted molar refractivity (Wildman–Crippen MR) is 62.5 cm³/mol. The van der Waals surface area contributed by atoms with Crippen molar-refractivity contribution < 1.29 is 4.79 Å². The molecule has 0 aromatic carbocycles. The summed E-state index contributed by atoms with van der Waals surface area (Å²) in [5.74, 6) is 2.34. The van der Waals surface area contributed by atoms with Gasteiger partial charge in [-0.2, -0.15) is 0 Å². The molecule has 0 radical (unpaired) electrons. The van der Waals surface area contributed by atoms with Gasteiger partial charge in [-0.1, -0.05) is 44.8 Å². The normalized spacial score (nSPS) is 37.4. The van der Waals surface area contributed by atoms with Crippen molar-refractivity contribution in [2.24, 2.45) is 23.7 Å². The minimum atomic E-state index is 0.349. The van der Waals surface area contributed by atoms with Crippen LogP contribution < -0.4 is 0 Å². The second-order valence-electron chi connectivity index (χ2n) is 5.17. The summed E-state index contributed by atoms with van der Waals surface area (Å²) in [7, 11) is 0. The van der Waals surface area contributed by atoms with Crippen molar-refractivity contribution in [3.8, 4) is 0 Å². The lowest BCUT2D eigenvalue weighted by molar-refractivity contribution is -0.113. The standard InChI is InChI=1S/C14H22O/c1-2-3-4-5-6-13-11-7-8-12(9-11)14(13)10-15/h7-8,10-14H,2-6,9H2,1H3/t11-,12+,13+,14+/m1/s1. The Kier molecular flexibility index (Phi) is 3.61. The molecule has 0 aliphatic heterocycles. The van der Waals surface area contributed by atoms with E-state index in [1.165, 1.54) is 44.8 Å². The Morgan fingerprint density at radius 1 is 1.20 bits per heavy atom. The zero-order chi connectivity index (χ0) is 10.7. The highest BCUT2D eigenvalue weighted by molar-refractivity contribution is 5.57. The van der Waals surface area contributed by atoms with E-state index >= 15 is 0 Å². The van der Waals surface area contributed by atoms with E-state index in [0.29, 0.717) is 17.8 Å². The molecular formula is C14H22O. The van der Waals surface area contributed by atoms with Crippen LogP contribution >= 0.6 is 0 Å². The van der Waals surface area contributed by atoms with Crippen molar-refractivity contribution in [2.45, 2.75) is 45.4 Å². The monoisotopic (exact) mass is 206 g/mol. The molecule has 2 bridgehead atoms. The average Bonchev–Trinajstić information content (AvgIpc) is 2.84. The van der Waals surface area contributed by atoms with E-state index in [9.17, 15) is 4.79 Å². The zero-order valence-electron chi connectivity index (χ0n) is 9.69. The van der Waals surface area contributed by atoms with E-state index in [4.69, 9.17) is 0 Å². The quantitative estimate of drug-likeness (QED) is 0.369. The Hall–Kier alpha value is -0.590. The molecule has 2 rings (SSSR count). The van der Waals surface area contributed by atoms with Gasteiger partial charge in [0.15, 0.2) is 0 Å². The summed E-state index contributed by atoms with van der Waals surface area (Å²) in [6, 6.07) is 0. The SMILES string of the molecule is CCCCCC[C@@H]1[C@@H](C=O)[C@H]2C=C[C@@H]1C2. The molecular weight excluding hydrogens is 184 g/mol. The molecule has 0 heterocycles. The Bertz CT molecular complexity index is 244. The lowest BCUT2D eigenvalue weighted by atomic mass is 9.81. The molecule has 0 amide bonds. The van der Waals surface area contributed by atoms with Gasteiger partial charge in [0.05, 0.1) is 0 Å². The fourth-order valence-electron chi connectivity index (χ4n) is 3.38. The molecule has 0 unspecified atom stereocenters. The van der Waals surface area contributed by atoms with Gasteiger partial charge in [-0.25, -0.2) is 0 Å². The van der Waals surface area contributed by atoms with Crippen LogP contribution in [0.2, 0.25) is 0 Å². The molecule has 2 aliphatic rings. The molecule has 1 saturated carbocycles. The lowest BCUT2D eigenvalue weighted by Gasteiger charge is -2.23. The number of hydrogen-bond acceptors (Lipinski definition) is 1. The van der Waals surface area contributed by atoms with Gasteiger partial charge in [-0.15, -0.1) is 0 Å². The third-order valence-electron chi connectivity index (χ3n) is 4.24. The Labute approximate surface area is 92.9 Å². The number of rotatable bonds is 6. The second-order valence-corrected chi connectivity index (χ2v) is 5.17. The van der Waals surface area contributed by atoms with E-state index in [2.05, 4.69) is 19.1 Å². The van der Waals surface area contributed by atoms with E-state index in [0.717, 1.165) is 5.92 Å². The molecule has 1 nitrogen and oxygen atoms in total. The van der Waals surface area contributed by atoms with Crippen LogP contribution in [0.1, 0.15) is 45.4 Å². The third kappa shape index (κ3) is 2.16. The van der Waals surface area contributed by atoms with Crippen LogP contribution in [-0.4, -0.2) is 6.29 Å². The Morgan fingerprint density at radius 3 is 2.73 bits per heavy atom. The van der Waals surface area contributed by atoms with Gasteiger partial charge in [-0.05, 0) is 30.6 Å². The first-order valence-electron chi connectivity index (χ1n) is 6.50. The largest absolute Gasteiger partial charge is 0.303 e. The summed E-state index contributed by atoms with van der Waals surface area (Å²) in [4.78, 5) is 11.1. The summed E-state index contributed by atoms with van der Waals surface area (Å²) in [6.07, 6.45) is 13.7. The van der Waals surface area contributed by atoms with Gasteiger partial charge in [0.2, 0.25) is 0 Å². The Morgan fingerprint density at radius 2 is 2.00 bits per heavy atom. The van der Waals surface area contributed by atoms with Crippen LogP contribution in [0.3, 0.4) is 0 Å². The van der Waals surface area contributed by atoms with Crippen LogP contribution in [0.5, 0.6) is 0 Å². The van der Waals surface area contributed by atoms with E-state index < -0.39 is 0 Å². The van der Waals surface area contributed by atoms with Gasteiger partial charge in [0.25, 0.3) is 0 Å². The van der Waals surface area contributed by atoms with Crippen LogP contribution in [-0.2, 0) is 4.79 Å². The van der Waals surface area contributed by atoms with Gasteiger partial charge in [-0.3, -0.25) is 0 Å². The van der Waals surface area contributed by atoms with Crippen molar-refractivity contribution in [1.82, 2.24) is 0 Å². The summed E-state index contributed by atoms with van der Waals surface area (Å²) >= 11 is 0. The number of aldehydes is 1. The van der Waals surface area contributed by atoms with Gasteiger partial charge < -0.3 is 4.79 Å². The molecule has 15 heavy (non-hydrogen) atoms. The minimum absolute atomic E-state index is 0.349. The topological polar surface area (TPSA) is 17.1 Å². The van der Waals surface area contributed by atoms with Gasteiger partial charge >= 0.3 is 0 Å². The number of allylic oxidation sites excluding steroid dienone is 2. The first-order valence-corrected chi connectivity index (χ1v) is 6.50. The molecule has 4 atom stereocenters. The second kappa shape index (κ2) is 4.96. The van der Waals surface area contributed by atoms with Crippen molar-refractivity contribution in [2.75, 3.05) is 0 Å². The van der Waals surface area contributed by atoms with Crippen LogP contribution in [0.4, 0.5) is 0 Å². The lowest BCUT2D eigenvalue weighted by Crippen LogP contribution is -2.20. The average molecular weight is 206 g/mol. The van der Waals surface area contributed by atoms with Crippen molar-refractivity contribution in [3.63, 3.8) is 0 Å². The number of hydrogen-bond donors (Lipinski definition) is 0. The summed E-state index contributed by atoms with van der Waals surface area (Å²) in [5, 5.41) is 0. The molecule has 2 aliphatic carbocycles. The summed E-state index contributed by atoms with van der Waals surface area (Å²) in [5.41, 5.74) is 0. The molecule has 1 heteroatoms. The van der Waals surface area contributed by atoms with Crippen LogP contribution in [0.15, 0.2) is 12.2 Å². The Balaban J connectivity index is 1.81. The zero-order valence-corrected chi connectivity index (χ0v) is 9.69. The maximum atomic E-state index is 11.1.